The average molecular weight is 354 g/mol. The third kappa shape index (κ3) is 2.71. The zero-order valence-electron chi connectivity index (χ0n) is 12.4. The van der Waals surface area contributed by atoms with E-state index >= 15 is 0 Å². The summed E-state index contributed by atoms with van der Waals surface area (Å²) in [6.45, 7) is 4.34. The van der Waals surface area contributed by atoms with Gasteiger partial charge in [0.15, 0.2) is 0 Å². The van der Waals surface area contributed by atoms with Crippen LogP contribution in [0, 0.1) is 6.92 Å². The molecule has 1 atom stereocenters. The zero-order valence-corrected chi connectivity index (χ0v) is 13.9. The van der Waals surface area contributed by atoms with E-state index in [9.17, 15) is 14.7 Å². The fraction of sp³-hybridized carbons (Fsp3) is 0.500. The highest BCUT2D eigenvalue weighted by molar-refractivity contribution is 9.10. The molecule has 0 bridgehead atoms. The lowest BCUT2D eigenvalue weighted by Gasteiger charge is -2.35. The van der Waals surface area contributed by atoms with Crippen molar-refractivity contribution in [2.75, 3.05) is 6.54 Å². The van der Waals surface area contributed by atoms with Gasteiger partial charge in [-0.25, -0.2) is 4.79 Å². The summed E-state index contributed by atoms with van der Waals surface area (Å²) in [5.41, 5.74) is 0.388. The molecule has 1 aliphatic heterocycles. The fourth-order valence-electron chi connectivity index (χ4n) is 3.16. The topological polar surface area (TPSA) is 57.6 Å². The molecule has 2 rings (SSSR count). The van der Waals surface area contributed by atoms with Crippen LogP contribution in [0.15, 0.2) is 22.7 Å². The normalized spacial score (nSPS) is 21.6. The third-order valence-corrected chi connectivity index (χ3v) is 5.15. The van der Waals surface area contributed by atoms with Crippen molar-refractivity contribution in [2.45, 2.75) is 45.1 Å². The Morgan fingerprint density at radius 2 is 2.14 bits per heavy atom. The molecular weight excluding hydrogens is 334 g/mol. The quantitative estimate of drug-likeness (QED) is 0.899. The number of hydrogen-bond acceptors (Lipinski definition) is 2. The number of halogens is 1. The second kappa shape index (κ2) is 6.18. The van der Waals surface area contributed by atoms with E-state index in [1.165, 1.54) is 0 Å². The van der Waals surface area contributed by atoms with Gasteiger partial charge < -0.3 is 10.0 Å². The van der Waals surface area contributed by atoms with Crippen LogP contribution in [-0.4, -0.2) is 34.0 Å². The van der Waals surface area contributed by atoms with Gasteiger partial charge in [-0.15, -0.1) is 0 Å². The van der Waals surface area contributed by atoms with E-state index < -0.39 is 11.5 Å². The number of likely N-dealkylation sites (tertiary alicyclic amines) is 1. The number of carboxylic acids is 1. The van der Waals surface area contributed by atoms with Crippen LogP contribution < -0.4 is 0 Å². The van der Waals surface area contributed by atoms with Gasteiger partial charge in [-0.2, -0.15) is 0 Å². The Labute approximate surface area is 133 Å². The van der Waals surface area contributed by atoms with Crippen molar-refractivity contribution >= 4 is 27.8 Å². The van der Waals surface area contributed by atoms with E-state index in [4.69, 9.17) is 0 Å². The first-order valence-electron chi connectivity index (χ1n) is 7.24. The minimum atomic E-state index is -1.04. The van der Waals surface area contributed by atoms with Gasteiger partial charge >= 0.3 is 5.97 Å². The summed E-state index contributed by atoms with van der Waals surface area (Å²) in [5.74, 6) is -1.06. The van der Waals surface area contributed by atoms with Crippen molar-refractivity contribution in [1.82, 2.24) is 4.90 Å². The van der Waals surface area contributed by atoms with E-state index in [-0.39, 0.29) is 5.91 Å². The molecule has 1 aromatic rings. The summed E-state index contributed by atoms with van der Waals surface area (Å²) < 4.78 is 0.865. The summed E-state index contributed by atoms with van der Waals surface area (Å²) in [6.07, 6.45) is 2.52. The second-order valence-corrected chi connectivity index (χ2v) is 6.41. The van der Waals surface area contributed by atoms with Crippen molar-refractivity contribution in [3.05, 3.63) is 33.8 Å². The highest BCUT2D eigenvalue weighted by Gasteiger charge is 2.49. The van der Waals surface area contributed by atoms with E-state index in [1.54, 1.807) is 11.0 Å². The largest absolute Gasteiger partial charge is 0.479 e. The molecule has 21 heavy (non-hydrogen) atoms. The summed E-state index contributed by atoms with van der Waals surface area (Å²) >= 11 is 3.42. The van der Waals surface area contributed by atoms with Crippen LogP contribution in [0.5, 0.6) is 0 Å². The maximum atomic E-state index is 12.9. The summed E-state index contributed by atoms with van der Waals surface area (Å²) in [7, 11) is 0. The molecule has 1 aromatic carbocycles. The minimum absolute atomic E-state index is 0.179. The lowest BCUT2D eigenvalue weighted by atomic mass is 9.90. The van der Waals surface area contributed by atoms with E-state index in [0.717, 1.165) is 22.9 Å². The first kappa shape index (κ1) is 16.0. The third-order valence-electron chi connectivity index (χ3n) is 4.29. The number of carbonyl (C=O) groups is 2. The molecule has 5 heteroatoms. The van der Waals surface area contributed by atoms with Crippen LogP contribution in [0.3, 0.4) is 0 Å². The Hall–Kier alpha value is -1.36. The van der Waals surface area contributed by atoms with Gasteiger partial charge in [0.1, 0.15) is 5.54 Å². The highest BCUT2D eigenvalue weighted by atomic mass is 79.9. The van der Waals surface area contributed by atoms with Crippen molar-refractivity contribution in [3.8, 4) is 0 Å². The number of carbonyl (C=O) groups excluding carboxylic acids is 1. The molecule has 0 saturated carbocycles. The zero-order chi connectivity index (χ0) is 15.6. The molecule has 114 valence electrons. The first-order valence-corrected chi connectivity index (χ1v) is 8.04. The smallest absolute Gasteiger partial charge is 0.329 e. The van der Waals surface area contributed by atoms with E-state index in [1.807, 2.05) is 26.0 Å². The molecule has 1 fully saturated rings. The molecule has 1 N–H and O–H groups in total. The molecule has 0 aromatic heterocycles. The summed E-state index contributed by atoms with van der Waals surface area (Å²) in [5, 5.41) is 9.68. The van der Waals surface area contributed by atoms with Gasteiger partial charge in [0.05, 0.1) is 0 Å². The maximum absolute atomic E-state index is 12.9. The molecule has 1 aliphatic rings. The standard InChI is InChI=1S/C16H20BrNO3/c1-3-8-16(15(20)21)9-5-10-18(16)14(19)12-6-4-7-13(17)11(12)2/h4,6-7H,3,5,8-10H2,1-2H3,(H,20,21). The average Bonchev–Trinajstić information content (AvgIpc) is 2.86. The molecular formula is C16H20BrNO3. The molecule has 1 heterocycles. The van der Waals surface area contributed by atoms with Crippen LogP contribution in [0.2, 0.25) is 0 Å². The van der Waals surface area contributed by atoms with Crippen molar-refractivity contribution < 1.29 is 14.7 Å². The number of hydrogen-bond donors (Lipinski definition) is 1. The summed E-state index contributed by atoms with van der Waals surface area (Å²) in [4.78, 5) is 26.2. The number of aliphatic carboxylic acids is 1. The molecule has 1 amide bonds. The Morgan fingerprint density at radius 3 is 2.76 bits per heavy atom. The monoisotopic (exact) mass is 353 g/mol. The molecule has 0 radical (unpaired) electrons. The van der Waals surface area contributed by atoms with Gasteiger partial charge in [0.2, 0.25) is 0 Å². The lowest BCUT2D eigenvalue weighted by molar-refractivity contribution is -0.148. The van der Waals surface area contributed by atoms with Crippen LogP contribution in [0.25, 0.3) is 0 Å². The van der Waals surface area contributed by atoms with Gasteiger partial charge in [-0.3, -0.25) is 4.79 Å². The van der Waals surface area contributed by atoms with Gasteiger partial charge in [-0.05, 0) is 43.9 Å². The van der Waals surface area contributed by atoms with E-state index in [0.29, 0.717) is 24.9 Å². The Kier molecular flexibility index (Phi) is 4.71. The van der Waals surface area contributed by atoms with Gasteiger partial charge in [-0.1, -0.05) is 35.3 Å². The van der Waals surface area contributed by atoms with Crippen molar-refractivity contribution in [3.63, 3.8) is 0 Å². The highest BCUT2D eigenvalue weighted by Crippen LogP contribution is 2.36. The van der Waals surface area contributed by atoms with Crippen molar-refractivity contribution in [1.29, 1.82) is 0 Å². The van der Waals surface area contributed by atoms with Crippen LogP contribution in [0.4, 0.5) is 0 Å². The number of nitrogens with zero attached hydrogens (tertiary/aromatic N) is 1. The molecule has 1 unspecified atom stereocenters. The van der Waals surface area contributed by atoms with Crippen LogP contribution >= 0.6 is 15.9 Å². The lowest BCUT2D eigenvalue weighted by Crippen LogP contribution is -2.53. The second-order valence-electron chi connectivity index (χ2n) is 5.56. The van der Waals surface area contributed by atoms with Gasteiger partial charge in [0, 0.05) is 16.6 Å². The Bertz CT molecular complexity index is 573. The molecule has 0 aliphatic carbocycles. The molecule has 0 spiro atoms. The Balaban J connectivity index is 2.41. The minimum Gasteiger partial charge on any atom is -0.479 e. The first-order chi connectivity index (χ1) is 9.94. The molecule has 4 nitrogen and oxygen atoms in total. The van der Waals surface area contributed by atoms with Crippen LogP contribution in [0.1, 0.15) is 48.5 Å². The van der Waals surface area contributed by atoms with Crippen molar-refractivity contribution in [2.24, 2.45) is 0 Å². The number of carboxylic acid groups (broad SMARTS) is 1. The number of benzene rings is 1. The van der Waals surface area contributed by atoms with Gasteiger partial charge in [0.25, 0.3) is 5.91 Å². The number of rotatable bonds is 4. The van der Waals surface area contributed by atoms with Crippen LogP contribution in [-0.2, 0) is 4.79 Å². The number of amides is 1. The SMILES string of the molecule is CCCC1(C(=O)O)CCCN1C(=O)c1cccc(Br)c1C. The maximum Gasteiger partial charge on any atom is 0.329 e. The molecule has 1 saturated heterocycles. The Morgan fingerprint density at radius 1 is 1.43 bits per heavy atom. The predicted octanol–water partition coefficient (Wildman–Crippen LogP) is 3.62. The summed E-state index contributed by atoms with van der Waals surface area (Å²) in [6, 6.07) is 5.45. The predicted molar refractivity (Wildman–Crippen MR) is 84.4 cm³/mol. The fourth-order valence-corrected chi connectivity index (χ4v) is 3.53. The van der Waals surface area contributed by atoms with E-state index in [2.05, 4.69) is 15.9 Å².